The molecule has 1 saturated heterocycles. The maximum absolute atomic E-state index is 13.3. The van der Waals surface area contributed by atoms with Crippen LogP contribution < -0.4 is 20.3 Å². The molecule has 212 valence electrons. The topological polar surface area (TPSA) is 95.8 Å². The summed E-state index contributed by atoms with van der Waals surface area (Å²) in [6.45, 7) is 6.29. The Bertz CT molecular complexity index is 1150. The summed E-state index contributed by atoms with van der Waals surface area (Å²) in [4.78, 5) is 18.8. The fraction of sp³-hybridized carbons (Fsp3) is 0.538. The van der Waals surface area contributed by atoms with Crippen molar-refractivity contribution in [1.82, 2.24) is 15.2 Å². The molecule has 2 fully saturated rings. The number of rotatable bonds is 8. The van der Waals surface area contributed by atoms with Gasteiger partial charge in [-0.3, -0.25) is 15.1 Å². The molecule has 0 bridgehead atoms. The Morgan fingerprint density at radius 2 is 1.87 bits per heavy atom. The lowest BCUT2D eigenvalue weighted by molar-refractivity contribution is -0.388. The van der Waals surface area contributed by atoms with E-state index in [0.717, 1.165) is 74.9 Å². The highest BCUT2D eigenvalue weighted by atomic mass is 32.1. The highest BCUT2D eigenvalue weighted by Crippen LogP contribution is 2.38. The molecule has 0 unspecified atom stereocenters. The van der Waals surface area contributed by atoms with Crippen LogP contribution in [0.5, 0.6) is 5.75 Å². The van der Waals surface area contributed by atoms with E-state index < -0.39 is 22.4 Å². The molecule has 0 atom stereocenters. The first kappa shape index (κ1) is 28.7. The monoisotopic (exact) mass is 566 g/mol. The number of nitro benzene ring substituents is 1. The summed E-state index contributed by atoms with van der Waals surface area (Å²) < 4.78 is 46.1. The second-order valence-electron chi connectivity index (χ2n) is 9.81. The fourth-order valence-electron chi connectivity index (χ4n) is 4.92. The van der Waals surface area contributed by atoms with Crippen LogP contribution in [0.1, 0.15) is 44.6 Å². The van der Waals surface area contributed by atoms with E-state index in [2.05, 4.69) is 32.3 Å². The van der Waals surface area contributed by atoms with Crippen LogP contribution in [-0.2, 0) is 6.18 Å². The Hall–Kier alpha value is -3.35. The number of nitro groups is 1. The number of nitrogens with one attached hydrogen (secondary N) is 2. The Balaban J connectivity index is 1.27. The molecule has 1 saturated carbocycles. The molecule has 1 aliphatic carbocycles. The van der Waals surface area contributed by atoms with Crippen molar-refractivity contribution in [3.63, 3.8) is 0 Å². The minimum atomic E-state index is -4.81. The standard InChI is InChI=1S/C26H33F3N6O3S/c1-2-9-31-25(39)34-12-10-33(11-13-34)20-15-22(17-30-16-20)38-21-6-3-18(4-7-21)32-19-5-8-24(35(36)37)23(14-19)26(27,28)29/h5,8,14-18,21,32H,2-4,6-7,9-13H2,1H3,(H,31,39)/t18-,21-. The lowest BCUT2D eigenvalue weighted by Gasteiger charge is -2.37. The summed E-state index contributed by atoms with van der Waals surface area (Å²) >= 11 is 5.48. The first-order chi connectivity index (χ1) is 18.6. The van der Waals surface area contributed by atoms with Gasteiger partial charge >= 0.3 is 6.18 Å². The van der Waals surface area contributed by atoms with Crippen LogP contribution in [0, 0.1) is 10.1 Å². The molecule has 1 aromatic carbocycles. The minimum absolute atomic E-state index is 0.0263. The number of hydrogen-bond donors (Lipinski definition) is 2. The summed E-state index contributed by atoms with van der Waals surface area (Å²) in [6, 6.07) is 4.98. The highest BCUT2D eigenvalue weighted by molar-refractivity contribution is 7.80. The second-order valence-corrected chi connectivity index (χ2v) is 10.2. The summed E-state index contributed by atoms with van der Waals surface area (Å²) in [5, 5.41) is 18.2. The van der Waals surface area contributed by atoms with Crippen molar-refractivity contribution in [3.05, 3.63) is 52.3 Å². The molecular weight excluding hydrogens is 533 g/mol. The lowest BCUT2D eigenvalue weighted by Crippen LogP contribution is -2.51. The van der Waals surface area contributed by atoms with E-state index in [-0.39, 0.29) is 17.8 Å². The van der Waals surface area contributed by atoms with Crippen LogP contribution in [0.15, 0.2) is 36.7 Å². The van der Waals surface area contributed by atoms with E-state index in [1.54, 1.807) is 6.20 Å². The lowest BCUT2D eigenvalue weighted by atomic mass is 9.92. The van der Waals surface area contributed by atoms with Crippen molar-refractivity contribution in [2.45, 2.75) is 57.3 Å². The molecule has 13 heteroatoms. The molecule has 0 amide bonds. The van der Waals surface area contributed by atoms with Gasteiger partial charge in [0.15, 0.2) is 5.11 Å². The molecule has 39 heavy (non-hydrogen) atoms. The maximum Gasteiger partial charge on any atom is 0.423 e. The summed E-state index contributed by atoms with van der Waals surface area (Å²) in [6.07, 6.45) is 2.57. The van der Waals surface area contributed by atoms with E-state index in [4.69, 9.17) is 17.0 Å². The van der Waals surface area contributed by atoms with E-state index in [1.807, 2.05) is 12.3 Å². The van der Waals surface area contributed by atoms with Gasteiger partial charge in [-0.25, -0.2) is 0 Å². The van der Waals surface area contributed by atoms with Gasteiger partial charge in [0, 0.05) is 56.6 Å². The van der Waals surface area contributed by atoms with Gasteiger partial charge in [-0.2, -0.15) is 13.2 Å². The van der Waals surface area contributed by atoms with Crippen LogP contribution >= 0.6 is 12.2 Å². The van der Waals surface area contributed by atoms with Crippen LogP contribution in [0.2, 0.25) is 0 Å². The molecule has 0 radical (unpaired) electrons. The first-order valence-electron chi connectivity index (χ1n) is 13.2. The number of nitrogens with zero attached hydrogens (tertiary/aromatic N) is 4. The number of ether oxygens (including phenoxy) is 1. The normalized spacial score (nSPS) is 19.9. The third-order valence-electron chi connectivity index (χ3n) is 7.00. The van der Waals surface area contributed by atoms with E-state index in [1.165, 1.54) is 6.07 Å². The van der Waals surface area contributed by atoms with Gasteiger partial charge in [0.1, 0.15) is 11.3 Å². The van der Waals surface area contributed by atoms with Crippen molar-refractivity contribution in [3.8, 4) is 5.75 Å². The third kappa shape index (κ3) is 7.61. The number of aromatic nitrogens is 1. The average Bonchev–Trinajstić information content (AvgIpc) is 2.92. The van der Waals surface area contributed by atoms with Crippen molar-refractivity contribution >= 4 is 34.4 Å². The molecular formula is C26H33F3N6O3S. The Morgan fingerprint density at radius 1 is 1.15 bits per heavy atom. The van der Waals surface area contributed by atoms with Gasteiger partial charge in [0.05, 0.1) is 29.1 Å². The van der Waals surface area contributed by atoms with E-state index >= 15 is 0 Å². The van der Waals surface area contributed by atoms with Crippen LogP contribution in [-0.4, -0.2) is 64.8 Å². The van der Waals surface area contributed by atoms with E-state index in [9.17, 15) is 23.3 Å². The zero-order valence-corrected chi connectivity index (χ0v) is 22.6. The fourth-order valence-corrected chi connectivity index (χ4v) is 5.21. The van der Waals surface area contributed by atoms with Crippen molar-refractivity contribution in [2.24, 2.45) is 0 Å². The Morgan fingerprint density at radius 3 is 2.51 bits per heavy atom. The third-order valence-corrected chi connectivity index (χ3v) is 7.41. The summed E-state index contributed by atoms with van der Waals surface area (Å²) in [5.41, 5.74) is -0.987. The van der Waals surface area contributed by atoms with Gasteiger partial charge in [-0.1, -0.05) is 6.92 Å². The molecule has 2 heterocycles. The predicted molar refractivity (Wildman–Crippen MR) is 147 cm³/mol. The zero-order chi connectivity index (χ0) is 28.0. The SMILES string of the molecule is CCCNC(=S)N1CCN(c2cncc(O[C@H]3CC[C@H](Nc4ccc([N+](=O)[O-])c(C(F)(F)F)c4)CC3)c2)CC1. The molecule has 2 aliphatic rings. The molecule has 1 aromatic heterocycles. The van der Waals surface area contributed by atoms with Gasteiger partial charge < -0.3 is 25.2 Å². The van der Waals surface area contributed by atoms with Crippen LogP contribution in [0.25, 0.3) is 0 Å². The van der Waals surface area contributed by atoms with Gasteiger partial charge in [-0.15, -0.1) is 0 Å². The number of piperazine rings is 1. The smallest absolute Gasteiger partial charge is 0.423 e. The number of alkyl halides is 3. The average molecular weight is 567 g/mol. The van der Waals surface area contributed by atoms with Gasteiger partial charge in [0.2, 0.25) is 0 Å². The molecule has 2 N–H and O–H groups in total. The number of pyridine rings is 1. The number of benzene rings is 1. The first-order valence-corrected chi connectivity index (χ1v) is 13.6. The predicted octanol–water partition coefficient (Wildman–Crippen LogP) is 5.22. The maximum atomic E-state index is 13.3. The number of anilines is 2. The largest absolute Gasteiger partial charge is 0.489 e. The molecule has 4 rings (SSSR count). The quantitative estimate of drug-likeness (QED) is 0.253. The molecule has 1 aliphatic heterocycles. The van der Waals surface area contributed by atoms with Gasteiger partial charge in [-0.05, 0) is 56.5 Å². The molecule has 9 nitrogen and oxygen atoms in total. The number of thiocarbonyl (C=S) groups is 1. The van der Waals surface area contributed by atoms with Gasteiger partial charge in [0.25, 0.3) is 5.69 Å². The Kier molecular flexibility index (Phi) is 9.31. The van der Waals surface area contributed by atoms with Crippen molar-refractivity contribution in [2.75, 3.05) is 42.9 Å². The molecule has 0 spiro atoms. The zero-order valence-electron chi connectivity index (χ0n) is 21.7. The number of hydrogen-bond acceptors (Lipinski definition) is 7. The second kappa shape index (κ2) is 12.7. The minimum Gasteiger partial charge on any atom is -0.489 e. The molecule has 2 aromatic rings. The van der Waals surface area contributed by atoms with Crippen LogP contribution in [0.4, 0.5) is 30.2 Å². The van der Waals surface area contributed by atoms with Crippen molar-refractivity contribution in [1.29, 1.82) is 0 Å². The summed E-state index contributed by atoms with van der Waals surface area (Å²) in [5.74, 6) is 0.691. The highest BCUT2D eigenvalue weighted by Gasteiger charge is 2.38. The van der Waals surface area contributed by atoms with Crippen LogP contribution in [0.3, 0.4) is 0 Å². The summed E-state index contributed by atoms with van der Waals surface area (Å²) in [7, 11) is 0. The van der Waals surface area contributed by atoms with E-state index in [0.29, 0.717) is 18.6 Å². The number of halogens is 3. The van der Waals surface area contributed by atoms with Crippen molar-refractivity contribution < 1.29 is 22.8 Å². The Labute approximate surface area is 230 Å².